The Bertz CT molecular complexity index is 494. The molecule has 1 aromatic rings. The minimum atomic E-state index is -0.0869. The van der Waals surface area contributed by atoms with Crippen molar-refractivity contribution in [3.8, 4) is 0 Å². The van der Waals surface area contributed by atoms with Crippen LogP contribution in [-0.2, 0) is 4.74 Å². The van der Waals surface area contributed by atoms with E-state index < -0.39 is 0 Å². The number of amides is 1. The van der Waals surface area contributed by atoms with Crippen LogP contribution in [0.15, 0.2) is 15.9 Å². The zero-order valence-corrected chi connectivity index (χ0v) is 15.4. The second-order valence-electron chi connectivity index (χ2n) is 6.26. The SMILES string of the molecule is C[C@@H]1CN(C(C)(C)CNC(=O)c2ccc(Br)s2)C[C@H](C)O1. The third kappa shape index (κ3) is 4.52. The van der Waals surface area contributed by atoms with Crippen LogP contribution in [0.5, 0.6) is 0 Å². The summed E-state index contributed by atoms with van der Waals surface area (Å²) in [4.78, 5) is 15.3. The second-order valence-corrected chi connectivity index (χ2v) is 8.72. The van der Waals surface area contributed by atoms with Gasteiger partial charge >= 0.3 is 0 Å². The average molecular weight is 375 g/mol. The quantitative estimate of drug-likeness (QED) is 0.879. The molecule has 0 aliphatic carbocycles. The Morgan fingerprint density at radius 2 is 2.05 bits per heavy atom. The summed E-state index contributed by atoms with van der Waals surface area (Å²) >= 11 is 4.84. The lowest BCUT2D eigenvalue weighted by Gasteiger charge is -2.45. The van der Waals surface area contributed by atoms with Crippen molar-refractivity contribution < 1.29 is 9.53 Å². The predicted molar refractivity (Wildman–Crippen MR) is 90.0 cm³/mol. The Kier molecular flexibility index (Phi) is 5.46. The Labute approximate surface area is 139 Å². The smallest absolute Gasteiger partial charge is 0.261 e. The molecule has 21 heavy (non-hydrogen) atoms. The predicted octanol–water partition coefficient (Wildman–Crippen LogP) is 3.13. The summed E-state index contributed by atoms with van der Waals surface area (Å²) in [7, 11) is 0. The van der Waals surface area contributed by atoms with Crippen molar-refractivity contribution in [2.75, 3.05) is 19.6 Å². The highest BCUT2D eigenvalue weighted by Gasteiger charge is 2.33. The highest BCUT2D eigenvalue weighted by molar-refractivity contribution is 9.11. The van der Waals surface area contributed by atoms with Gasteiger partial charge in [0.15, 0.2) is 0 Å². The lowest BCUT2D eigenvalue weighted by molar-refractivity contribution is -0.0948. The Morgan fingerprint density at radius 3 is 2.57 bits per heavy atom. The molecule has 1 aromatic heterocycles. The molecule has 6 heteroatoms. The zero-order valence-electron chi connectivity index (χ0n) is 13.0. The van der Waals surface area contributed by atoms with Crippen LogP contribution in [0.4, 0.5) is 0 Å². The fraction of sp³-hybridized carbons (Fsp3) is 0.667. The maximum absolute atomic E-state index is 12.2. The van der Waals surface area contributed by atoms with E-state index in [4.69, 9.17) is 4.74 Å². The monoisotopic (exact) mass is 374 g/mol. The molecule has 0 aromatic carbocycles. The number of nitrogens with zero attached hydrogens (tertiary/aromatic N) is 1. The molecule has 4 nitrogen and oxygen atoms in total. The van der Waals surface area contributed by atoms with Crippen molar-refractivity contribution in [1.29, 1.82) is 0 Å². The summed E-state index contributed by atoms with van der Waals surface area (Å²) in [6.45, 7) is 11.0. The standard InChI is InChI=1S/C15H23BrN2O2S/c1-10-7-18(8-11(2)20-10)15(3,4)9-17-14(19)12-5-6-13(16)21-12/h5-6,10-11H,7-9H2,1-4H3,(H,17,19)/t10-,11+. The minimum Gasteiger partial charge on any atom is -0.373 e. The van der Waals surface area contributed by atoms with Crippen LogP contribution in [0, 0.1) is 0 Å². The second kappa shape index (κ2) is 6.77. The van der Waals surface area contributed by atoms with Crippen LogP contribution < -0.4 is 5.32 Å². The number of carbonyl (C=O) groups is 1. The molecule has 1 amide bonds. The van der Waals surface area contributed by atoms with Crippen LogP contribution in [0.2, 0.25) is 0 Å². The number of carbonyl (C=O) groups excluding carboxylic acids is 1. The summed E-state index contributed by atoms with van der Waals surface area (Å²) in [5, 5.41) is 3.05. The van der Waals surface area contributed by atoms with E-state index in [1.165, 1.54) is 11.3 Å². The summed E-state index contributed by atoms with van der Waals surface area (Å²) in [6.07, 6.45) is 0.467. The van der Waals surface area contributed by atoms with Gasteiger partial charge in [-0.25, -0.2) is 0 Å². The molecule has 0 unspecified atom stereocenters. The molecule has 0 bridgehead atoms. The first-order valence-corrected chi connectivity index (χ1v) is 8.83. The van der Waals surface area contributed by atoms with Crippen LogP contribution in [0.1, 0.15) is 37.4 Å². The van der Waals surface area contributed by atoms with Crippen molar-refractivity contribution in [3.05, 3.63) is 20.8 Å². The summed E-state index contributed by atoms with van der Waals surface area (Å²) in [6, 6.07) is 3.74. The highest BCUT2D eigenvalue weighted by atomic mass is 79.9. The normalized spacial score (nSPS) is 24.0. The summed E-state index contributed by atoms with van der Waals surface area (Å²) in [5.41, 5.74) is -0.0869. The van der Waals surface area contributed by atoms with Gasteiger partial charge in [-0.05, 0) is 55.8 Å². The Balaban J connectivity index is 1.92. The third-order valence-electron chi connectivity index (χ3n) is 3.75. The average Bonchev–Trinajstić information content (AvgIpc) is 2.82. The van der Waals surface area contributed by atoms with Gasteiger partial charge in [0.1, 0.15) is 0 Å². The van der Waals surface area contributed by atoms with Crippen molar-refractivity contribution in [1.82, 2.24) is 10.2 Å². The molecule has 118 valence electrons. The summed E-state index contributed by atoms with van der Waals surface area (Å²) in [5.74, 6) is -0.00636. The van der Waals surface area contributed by atoms with E-state index in [9.17, 15) is 4.79 Å². The topological polar surface area (TPSA) is 41.6 Å². The van der Waals surface area contributed by atoms with Crippen molar-refractivity contribution >= 4 is 33.2 Å². The largest absolute Gasteiger partial charge is 0.373 e. The number of morpholine rings is 1. The number of hydrogen-bond donors (Lipinski definition) is 1. The van der Waals surface area contributed by atoms with E-state index in [-0.39, 0.29) is 23.7 Å². The van der Waals surface area contributed by atoms with Crippen molar-refractivity contribution in [3.63, 3.8) is 0 Å². The molecule has 1 aliphatic rings. The number of halogens is 1. The molecule has 0 spiro atoms. The number of rotatable bonds is 4. The van der Waals surface area contributed by atoms with Gasteiger partial charge in [-0.15, -0.1) is 11.3 Å². The van der Waals surface area contributed by atoms with Gasteiger partial charge < -0.3 is 10.1 Å². The van der Waals surface area contributed by atoms with E-state index in [0.717, 1.165) is 21.8 Å². The number of hydrogen-bond acceptors (Lipinski definition) is 4. The first kappa shape index (κ1) is 16.9. The van der Waals surface area contributed by atoms with Gasteiger partial charge in [0, 0.05) is 25.2 Å². The maximum atomic E-state index is 12.2. The van der Waals surface area contributed by atoms with E-state index in [1.54, 1.807) is 0 Å². The van der Waals surface area contributed by atoms with Gasteiger partial charge in [-0.3, -0.25) is 9.69 Å². The van der Waals surface area contributed by atoms with Gasteiger partial charge in [0.25, 0.3) is 5.91 Å². The zero-order chi connectivity index (χ0) is 15.6. The molecule has 1 saturated heterocycles. The third-order valence-corrected chi connectivity index (χ3v) is 5.38. The molecule has 2 rings (SSSR count). The molecule has 0 radical (unpaired) electrons. The number of ether oxygens (including phenoxy) is 1. The summed E-state index contributed by atoms with van der Waals surface area (Å²) < 4.78 is 6.75. The minimum absolute atomic E-state index is 0.00636. The fourth-order valence-electron chi connectivity index (χ4n) is 2.60. The first-order chi connectivity index (χ1) is 9.78. The van der Waals surface area contributed by atoms with Crippen LogP contribution in [0.3, 0.4) is 0 Å². The molecule has 1 fully saturated rings. The van der Waals surface area contributed by atoms with Gasteiger partial charge in [0.05, 0.1) is 20.9 Å². The van der Waals surface area contributed by atoms with Crippen LogP contribution in [0.25, 0.3) is 0 Å². The molecular weight excluding hydrogens is 352 g/mol. The molecular formula is C15H23BrN2O2S. The maximum Gasteiger partial charge on any atom is 0.261 e. The molecule has 1 N–H and O–H groups in total. The lowest BCUT2D eigenvalue weighted by Crippen LogP contribution is -2.58. The first-order valence-electron chi connectivity index (χ1n) is 7.22. The van der Waals surface area contributed by atoms with E-state index >= 15 is 0 Å². The Hall–Kier alpha value is -0.430. The molecule has 2 atom stereocenters. The van der Waals surface area contributed by atoms with E-state index in [2.05, 4.69) is 53.8 Å². The van der Waals surface area contributed by atoms with Crippen molar-refractivity contribution in [2.45, 2.75) is 45.4 Å². The molecule has 0 saturated carbocycles. The highest BCUT2D eigenvalue weighted by Crippen LogP contribution is 2.23. The van der Waals surface area contributed by atoms with Gasteiger partial charge in [-0.1, -0.05) is 0 Å². The van der Waals surface area contributed by atoms with E-state index in [0.29, 0.717) is 6.54 Å². The molecule has 2 heterocycles. The lowest BCUT2D eigenvalue weighted by atomic mass is 10.00. The van der Waals surface area contributed by atoms with Crippen molar-refractivity contribution in [2.24, 2.45) is 0 Å². The van der Waals surface area contributed by atoms with Gasteiger partial charge in [0.2, 0.25) is 0 Å². The Morgan fingerprint density at radius 1 is 1.43 bits per heavy atom. The van der Waals surface area contributed by atoms with E-state index in [1.807, 2.05) is 12.1 Å². The number of thiophene rings is 1. The number of nitrogens with one attached hydrogen (secondary N) is 1. The fourth-order valence-corrected chi connectivity index (χ4v) is 3.91. The van der Waals surface area contributed by atoms with Gasteiger partial charge in [-0.2, -0.15) is 0 Å². The van der Waals surface area contributed by atoms with Crippen LogP contribution in [-0.4, -0.2) is 48.2 Å². The molecule has 1 aliphatic heterocycles. The van der Waals surface area contributed by atoms with Crippen LogP contribution >= 0.6 is 27.3 Å².